The third-order valence-corrected chi connectivity index (χ3v) is 5.55. The van der Waals surface area contributed by atoms with Gasteiger partial charge in [-0.1, -0.05) is 45.9 Å². The summed E-state index contributed by atoms with van der Waals surface area (Å²) < 4.78 is 6.30. The van der Waals surface area contributed by atoms with Crippen LogP contribution in [-0.4, -0.2) is 19.1 Å². The zero-order chi connectivity index (χ0) is 17.3. The number of aromatic nitrogens is 1. The third kappa shape index (κ3) is 3.67. The maximum absolute atomic E-state index is 11.4. The van der Waals surface area contributed by atoms with Crippen molar-refractivity contribution in [2.75, 3.05) is 0 Å². The molecule has 1 aromatic carbocycles. The van der Waals surface area contributed by atoms with Crippen LogP contribution in [0.15, 0.2) is 29.8 Å². The minimum absolute atomic E-state index is 0.0494. The van der Waals surface area contributed by atoms with E-state index in [4.69, 9.17) is 4.43 Å². The summed E-state index contributed by atoms with van der Waals surface area (Å²) in [5, 5.41) is 14.0. The van der Waals surface area contributed by atoms with Crippen LogP contribution in [0.4, 0.5) is 0 Å². The molecule has 126 valence electrons. The second-order valence-corrected chi connectivity index (χ2v) is 10.4. The van der Waals surface area contributed by atoms with Crippen molar-refractivity contribution >= 4 is 20.4 Å². The van der Waals surface area contributed by atoms with Gasteiger partial charge >= 0.3 is 0 Å². The number of thiazole rings is 1. The van der Waals surface area contributed by atoms with Crippen LogP contribution in [0.2, 0.25) is 13.1 Å². The molecule has 0 aliphatic carbocycles. The quantitative estimate of drug-likeness (QED) is 0.811. The highest BCUT2D eigenvalue weighted by molar-refractivity contribution is 7.09. The lowest BCUT2D eigenvalue weighted by Crippen LogP contribution is -2.29. The van der Waals surface area contributed by atoms with Gasteiger partial charge in [0, 0.05) is 17.1 Å². The van der Waals surface area contributed by atoms with Crippen molar-refractivity contribution in [3.8, 4) is 5.75 Å². The molecule has 2 rings (SSSR count). The molecule has 1 N–H and O–H groups in total. The summed E-state index contributed by atoms with van der Waals surface area (Å²) in [5.74, 6) is 0.848. The van der Waals surface area contributed by atoms with E-state index in [-0.39, 0.29) is 5.41 Å². The van der Waals surface area contributed by atoms with E-state index in [9.17, 15) is 5.11 Å². The number of aliphatic hydroxyl groups is 1. The topological polar surface area (TPSA) is 42.4 Å². The van der Waals surface area contributed by atoms with Crippen molar-refractivity contribution in [3.05, 3.63) is 45.9 Å². The Balaban J connectivity index is 2.70. The SMILES string of the molecule is CCC(O)(c1nccs1)c1cccc(C(C)(C)C)c1O[SiH](C)C. The Labute approximate surface area is 145 Å². The number of benzene rings is 1. The lowest BCUT2D eigenvalue weighted by molar-refractivity contribution is 0.0742. The summed E-state index contributed by atoms with van der Waals surface area (Å²) in [6, 6.07) is 6.10. The highest BCUT2D eigenvalue weighted by Crippen LogP contribution is 2.43. The number of hydrogen-bond donors (Lipinski definition) is 1. The highest BCUT2D eigenvalue weighted by Gasteiger charge is 2.37. The Morgan fingerprint density at radius 2 is 1.87 bits per heavy atom. The Morgan fingerprint density at radius 1 is 1.22 bits per heavy atom. The van der Waals surface area contributed by atoms with Crippen LogP contribution < -0.4 is 4.43 Å². The molecule has 0 fully saturated rings. The zero-order valence-electron chi connectivity index (χ0n) is 14.9. The monoisotopic (exact) mass is 349 g/mol. The molecule has 0 amide bonds. The smallest absolute Gasteiger partial charge is 0.229 e. The van der Waals surface area contributed by atoms with Crippen molar-refractivity contribution in [3.63, 3.8) is 0 Å². The zero-order valence-corrected chi connectivity index (χ0v) is 16.9. The summed E-state index contributed by atoms with van der Waals surface area (Å²) in [7, 11) is -1.31. The number of rotatable bonds is 5. The van der Waals surface area contributed by atoms with E-state index in [1.165, 1.54) is 11.3 Å². The van der Waals surface area contributed by atoms with Gasteiger partial charge in [-0.05, 0) is 30.5 Å². The van der Waals surface area contributed by atoms with E-state index in [1.807, 2.05) is 24.4 Å². The fourth-order valence-electron chi connectivity index (χ4n) is 2.70. The first-order chi connectivity index (χ1) is 10.7. The molecule has 1 aromatic heterocycles. The van der Waals surface area contributed by atoms with E-state index < -0.39 is 14.6 Å². The van der Waals surface area contributed by atoms with E-state index >= 15 is 0 Å². The van der Waals surface area contributed by atoms with Crippen LogP contribution in [0.1, 0.15) is 50.3 Å². The average Bonchev–Trinajstić information content (AvgIpc) is 2.99. The molecule has 0 bridgehead atoms. The average molecular weight is 350 g/mol. The summed E-state index contributed by atoms with van der Waals surface area (Å²) in [5.41, 5.74) is 0.823. The minimum Gasteiger partial charge on any atom is -0.547 e. The molecule has 5 heteroatoms. The first-order valence-corrected chi connectivity index (χ1v) is 11.8. The second kappa shape index (κ2) is 6.75. The molecule has 1 heterocycles. The third-order valence-electron chi connectivity index (χ3n) is 3.92. The molecule has 0 radical (unpaired) electrons. The molecule has 1 atom stereocenters. The Kier molecular flexibility index (Phi) is 5.33. The first kappa shape index (κ1) is 18.2. The van der Waals surface area contributed by atoms with Gasteiger partial charge in [0.15, 0.2) is 0 Å². The normalized spacial score (nSPS) is 14.8. The fraction of sp³-hybridized carbons (Fsp3) is 0.500. The largest absolute Gasteiger partial charge is 0.547 e. The summed E-state index contributed by atoms with van der Waals surface area (Å²) in [4.78, 5) is 4.37. The van der Waals surface area contributed by atoms with Gasteiger partial charge in [-0.15, -0.1) is 11.3 Å². The van der Waals surface area contributed by atoms with Gasteiger partial charge < -0.3 is 9.53 Å². The van der Waals surface area contributed by atoms with Crippen LogP contribution in [-0.2, 0) is 11.0 Å². The number of hydrogen-bond acceptors (Lipinski definition) is 4. The van der Waals surface area contributed by atoms with Crippen molar-refractivity contribution in [2.45, 2.75) is 58.2 Å². The molecular weight excluding hydrogens is 322 g/mol. The maximum Gasteiger partial charge on any atom is 0.229 e. The maximum atomic E-state index is 11.4. The fourth-order valence-corrected chi connectivity index (χ4v) is 4.25. The number of nitrogens with zero attached hydrogens (tertiary/aromatic N) is 1. The van der Waals surface area contributed by atoms with Gasteiger partial charge in [-0.2, -0.15) is 0 Å². The van der Waals surface area contributed by atoms with E-state index in [2.05, 4.69) is 44.9 Å². The Morgan fingerprint density at radius 3 is 2.35 bits per heavy atom. The van der Waals surface area contributed by atoms with Gasteiger partial charge in [-0.25, -0.2) is 4.98 Å². The standard InChI is InChI=1S/C18H27NO2SSi/c1-7-18(20,16-19-11-12-22-16)14-10-8-9-13(17(2,3)4)15(14)21-23(5)6/h8-12,20,23H,7H2,1-6H3. The van der Waals surface area contributed by atoms with Crippen molar-refractivity contribution in [2.24, 2.45) is 0 Å². The van der Waals surface area contributed by atoms with Crippen LogP contribution in [0.25, 0.3) is 0 Å². The predicted octanol–water partition coefficient (Wildman–Crippen LogP) is 4.45. The first-order valence-electron chi connectivity index (χ1n) is 8.13. The molecule has 23 heavy (non-hydrogen) atoms. The highest BCUT2D eigenvalue weighted by atomic mass is 32.1. The molecule has 0 spiro atoms. The lowest BCUT2D eigenvalue weighted by atomic mass is 9.81. The van der Waals surface area contributed by atoms with Gasteiger partial charge in [-0.3, -0.25) is 0 Å². The van der Waals surface area contributed by atoms with E-state index in [1.54, 1.807) is 6.20 Å². The van der Waals surface area contributed by atoms with Crippen LogP contribution >= 0.6 is 11.3 Å². The van der Waals surface area contributed by atoms with Crippen molar-refractivity contribution < 1.29 is 9.53 Å². The summed E-state index contributed by atoms with van der Waals surface area (Å²) in [6.07, 6.45) is 2.30. The Hall–Kier alpha value is -1.17. The summed E-state index contributed by atoms with van der Waals surface area (Å²) in [6.45, 7) is 12.8. The van der Waals surface area contributed by atoms with Gasteiger partial charge in [0.1, 0.15) is 16.4 Å². The molecular formula is C18H27NO2SSi. The van der Waals surface area contributed by atoms with Gasteiger partial charge in [0.25, 0.3) is 0 Å². The molecule has 2 aromatic rings. The molecule has 3 nitrogen and oxygen atoms in total. The molecule has 1 unspecified atom stereocenters. The summed E-state index contributed by atoms with van der Waals surface area (Å²) >= 11 is 1.48. The van der Waals surface area contributed by atoms with Crippen molar-refractivity contribution in [1.29, 1.82) is 0 Å². The van der Waals surface area contributed by atoms with Crippen LogP contribution in [0, 0.1) is 0 Å². The molecule has 0 saturated heterocycles. The van der Waals surface area contributed by atoms with Gasteiger partial charge in [0.05, 0.1) is 0 Å². The second-order valence-electron chi connectivity index (χ2n) is 7.15. The van der Waals surface area contributed by atoms with Crippen LogP contribution in [0.3, 0.4) is 0 Å². The van der Waals surface area contributed by atoms with Crippen molar-refractivity contribution in [1.82, 2.24) is 4.98 Å². The number of para-hydroxylation sites is 1. The minimum atomic E-state index is -1.31. The van der Waals surface area contributed by atoms with E-state index in [0.29, 0.717) is 6.42 Å². The molecule has 0 aliphatic heterocycles. The molecule has 0 saturated carbocycles. The van der Waals surface area contributed by atoms with E-state index in [0.717, 1.165) is 21.9 Å². The molecule has 0 aliphatic rings. The van der Waals surface area contributed by atoms with Gasteiger partial charge in [0.2, 0.25) is 9.04 Å². The lowest BCUT2D eigenvalue weighted by Gasteiger charge is -2.32. The Bertz CT molecular complexity index is 650. The predicted molar refractivity (Wildman–Crippen MR) is 100 cm³/mol. The van der Waals surface area contributed by atoms with Crippen LogP contribution in [0.5, 0.6) is 5.75 Å².